The van der Waals surface area contributed by atoms with Crippen molar-refractivity contribution >= 4 is 11.3 Å². The standard InChI is InChI=1S/C18H23N3O2S/c1-14-12-24-17(20-14)10-21-8-4-6-18(13-21)9-15(11-22-18)23-16-5-2-3-7-19-16/h2-3,5,7,12,15H,4,6,8-11,13H2,1H3/t15-,18+/m1/s1. The van der Waals surface area contributed by atoms with Crippen molar-refractivity contribution in [3.8, 4) is 5.88 Å². The molecule has 0 N–H and O–H groups in total. The van der Waals surface area contributed by atoms with E-state index >= 15 is 0 Å². The molecule has 2 atom stereocenters. The number of hydrogen-bond donors (Lipinski definition) is 0. The SMILES string of the molecule is Cc1csc(CN2CCC[C@]3(C[C@@H](Oc4ccccn4)CO3)C2)n1. The number of aryl methyl sites for hydroxylation is 1. The Bertz CT molecular complexity index is 678. The van der Waals surface area contributed by atoms with Gasteiger partial charge in [-0.1, -0.05) is 6.07 Å². The van der Waals surface area contributed by atoms with E-state index in [1.807, 2.05) is 18.2 Å². The zero-order valence-corrected chi connectivity index (χ0v) is 14.8. The summed E-state index contributed by atoms with van der Waals surface area (Å²) in [5, 5.41) is 3.32. The van der Waals surface area contributed by atoms with Crippen LogP contribution in [0.3, 0.4) is 0 Å². The number of thiazole rings is 1. The van der Waals surface area contributed by atoms with E-state index in [-0.39, 0.29) is 11.7 Å². The van der Waals surface area contributed by atoms with E-state index in [2.05, 4.69) is 27.2 Å². The highest BCUT2D eigenvalue weighted by Crippen LogP contribution is 2.36. The fraction of sp³-hybridized carbons (Fsp3) is 0.556. The van der Waals surface area contributed by atoms with Gasteiger partial charge in [-0.3, -0.25) is 4.90 Å². The lowest BCUT2D eigenvalue weighted by Gasteiger charge is -2.39. The van der Waals surface area contributed by atoms with Crippen LogP contribution >= 0.6 is 11.3 Å². The molecule has 24 heavy (non-hydrogen) atoms. The first kappa shape index (κ1) is 16.0. The summed E-state index contributed by atoms with van der Waals surface area (Å²) in [4.78, 5) is 11.3. The smallest absolute Gasteiger partial charge is 0.213 e. The lowest BCUT2D eigenvalue weighted by molar-refractivity contribution is -0.0538. The molecule has 0 aromatic carbocycles. The van der Waals surface area contributed by atoms with Crippen LogP contribution in [0.4, 0.5) is 0 Å². The normalized spacial score (nSPS) is 27.6. The fourth-order valence-corrected chi connectivity index (χ4v) is 4.56. The topological polar surface area (TPSA) is 47.5 Å². The zero-order valence-electron chi connectivity index (χ0n) is 14.0. The lowest BCUT2D eigenvalue weighted by Crippen LogP contribution is -2.47. The summed E-state index contributed by atoms with van der Waals surface area (Å²) in [6, 6.07) is 5.76. The van der Waals surface area contributed by atoms with Crippen molar-refractivity contribution in [3.05, 3.63) is 40.5 Å². The quantitative estimate of drug-likeness (QED) is 0.852. The Hall–Kier alpha value is -1.50. The van der Waals surface area contributed by atoms with Gasteiger partial charge in [-0.05, 0) is 32.4 Å². The Morgan fingerprint density at radius 1 is 1.46 bits per heavy atom. The third kappa shape index (κ3) is 3.61. The maximum atomic E-state index is 6.23. The van der Waals surface area contributed by atoms with E-state index in [9.17, 15) is 0 Å². The third-order valence-electron chi connectivity index (χ3n) is 4.74. The number of likely N-dealkylation sites (tertiary alicyclic amines) is 1. The Morgan fingerprint density at radius 3 is 3.21 bits per heavy atom. The first-order valence-corrected chi connectivity index (χ1v) is 9.44. The molecule has 4 rings (SSSR count). The van der Waals surface area contributed by atoms with Crippen LogP contribution in [0.2, 0.25) is 0 Å². The lowest BCUT2D eigenvalue weighted by atomic mass is 9.89. The highest BCUT2D eigenvalue weighted by atomic mass is 32.1. The van der Waals surface area contributed by atoms with Crippen molar-refractivity contribution in [1.29, 1.82) is 0 Å². The predicted molar refractivity (Wildman–Crippen MR) is 93.3 cm³/mol. The van der Waals surface area contributed by atoms with Gasteiger partial charge in [0.25, 0.3) is 0 Å². The van der Waals surface area contributed by atoms with Gasteiger partial charge in [0, 0.05) is 36.3 Å². The monoisotopic (exact) mass is 345 g/mol. The summed E-state index contributed by atoms with van der Waals surface area (Å²) < 4.78 is 12.2. The van der Waals surface area contributed by atoms with Gasteiger partial charge in [0.2, 0.25) is 5.88 Å². The third-order valence-corrected chi connectivity index (χ3v) is 5.70. The summed E-state index contributed by atoms with van der Waals surface area (Å²) in [5.74, 6) is 0.689. The van der Waals surface area contributed by atoms with E-state index in [1.54, 1.807) is 17.5 Å². The van der Waals surface area contributed by atoms with Crippen molar-refractivity contribution < 1.29 is 9.47 Å². The molecule has 2 aliphatic rings. The molecule has 0 saturated carbocycles. The summed E-state index contributed by atoms with van der Waals surface area (Å²) in [7, 11) is 0. The molecule has 5 nitrogen and oxygen atoms in total. The molecular formula is C18H23N3O2S. The molecule has 0 radical (unpaired) electrons. The maximum absolute atomic E-state index is 6.23. The van der Waals surface area contributed by atoms with Gasteiger partial charge in [-0.25, -0.2) is 9.97 Å². The molecule has 6 heteroatoms. The van der Waals surface area contributed by atoms with Crippen LogP contribution in [0.25, 0.3) is 0 Å². The average Bonchev–Trinajstić information content (AvgIpc) is 3.15. The van der Waals surface area contributed by atoms with Crippen LogP contribution < -0.4 is 4.74 Å². The van der Waals surface area contributed by atoms with Crippen LogP contribution in [0.1, 0.15) is 30.0 Å². The van der Waals surface area contributed by atoms with E-state index in [0.717, 1.165) is 38.2 Å². The summed E-state index contributed by atoms with van der Waals surface area (Å²) in [6.07, 6.45) is 5.08. The van der Waals surface area contributed by atoms with Crippen LogP contribution in [0.5, 0.6) is 5.88 Å². The van der Waals surface area contributed by atoms with Crippen LogP contribution in [-0.4, -0.2) is 46.3 Å². The molecule has 0 bridgehead atoms. The van der Waals surface area contributed by atoms with Crippen LogP contribution in [0.15, 0.2) is 29.8 Å². The number of piperidine rings is 1. The Kier molecular flexibility index (Phi) is 4.52. The second-order valence-corrected chi connectivity index (χ2v) is 7.75. The highest BCUT2D eigenvalue weighted by molar-refractivity contribution is 7.09. The summed E-state index contributed by atoms with van der Waals surface area (Å²) in [5.41, 5.74) is 1.05. The number of hydrogen-bond acceptors (Lipinski definition) is 6. The summed E-state index contributed by atoms with van der Waals surface area (Å²) >= 11 is 1.75. The second kappa shape index (κ2) is 6.78. The first-order chi connectivity index (χ1) is 11.7. The number of aromatic nitrogens is 2. The highest BCUT2D eigenvalue weighted by Gasteiger charge is 2.44. The molecule has 0 aliphatic carbocycles. The van der Waals surface area contributed by atoms with Crippen molar-refractivity contribution in [2.24, 2.45) is 0 Å². The molecule has 2 aromatic heterocycles. The molecule has 2 aromatic rings. The Morgan fingerprint density at radius 2 is 2.42 bits per heavy atom. The first-order valence-electron chi connectivity index (χ1n) is 8.56. The molecule has 0 amide bonds. The van der Waals surface area contributed by atoms with Gasteiger partial charge < -0.3 is 9.47 Å². The molecule has 0 unspecified atom stereocenters. The van der Waals surface area contributed by atoms with Crippen LogP contribution in [-0.2, 0) is 11.3 Å². The molecule has 1 spiro atoms. The summed E-state index contributed by atoms with van der Waals surface area (Å²) in [6.45, 7) is 5.72. The van der Waals surface area contributed by atoms with Crippen molar-refractivity contribution in [2.45, 2.75) is 44.4 Å². The molecule has 128 valence electrons. The minimum Gasteiger partial charge on any atom is -0.472 e. The number of ether oxygens (including phenoxy) is 2. The van der Waals surface area contributed by atoms with E-state index in [0.29, 0.717) is 12.5 Å². The zero-order chi connectivity index (χ0) is 16.4. The van der Waals surface area contributed by atoms with Gasteiger partial charge in [0.05, 0.1) is 18.8 Å². The largest absolute Gasteiger partial charge is 0.472 e. The molecule has 2 fully saturated rings. The fourth-order valence-electron chi connectivity index (χ4n) is 3.74. The van der Waals surface area contributed by atoms with Gasteiger partial charge in [0.15, 0.2) is 0 Å². The van der Waals surface area contributed by atoms with Gasteiger partial charge >= 0.3 is 0 Å². The minimum atomic E-state index is -0.0655. The minimum absolute atomic E-state index is 0.0655. The van der Waals surface area contributed by atoms with Crippen LogP contribution in [0, 0.1) is 6.92 Å². The molecule has 4 heterocycles. The van der Waals surface area contributed by atoms with Crippen molar-refractivity contribution in [1.82, 2.24) is 14.9 Å². The predicted octanol–water partition coefficient (Wildman–Crippen LogP) is 3.05. The van der Waals surface area contributed by atoms with Gasteiger partial charge in [-0.2, -0.15) is 0 Å². The van der Waals surface area contributed by atoms with Crippen molar-refractivity contribution in [3.63, 3.8) is 0 Å². The van der Waals surface area contributed by atoms with Crippen molar-refractivity contribution in [2.75, 3.05) is 19.7 Å². The van der Waals surface area contributed by atoms with Gasteiger partial charge in [-0.15, -0.1) is 11.3 Å². The Labute approximate surface area is 146 Å². The molecule has 2 saturated heterocycles. The number of pyridine rings is 1. The number of nitrogens with zero attached hydrogens (tertiary/aromatic N) is 3. The second-order valence-electron chi connectivity index (χ2n) is 6.80. The molecular weight excluding hydrogens is 322 g/mol. The Balaban J connectivity index is 1.36. The van der Waals surface area contributed by atoms with E-state index < -0.39 is 0 Å². The number of rotatable bonds is 4. The maximum Gasteiger partial charge on any atom is 0.213 e. The molecule has 2 aliphatic heterocycles. The van der Waals surface area contributed by atoms with E-state index in [4.69, 9.17) is 9.47 Å². The van der Waals surface area contributed by atoms with Gasteiger partial charge in [0.1, 0.15) is 11.1 Å². The average molecular weight is 345 g/mol. The van der Waals surface area contributed by atoms with E-state index in [1.165, 1.54) is 11.4 Å².